The predicted octanol–water partition coefficient (Wildman–Crippen LogP) is 4.26. The number of carbonyl (C=O) groups excluding carboxylic acids is 1. The lowest BCUT2D eigenvalue weighted by Gasteiger charge is -2.52. The Balaban J connectivity index is 0.00000114. The first-order chi connectivity index (χ1) is 19.7. The van der Waals surface area contributed by atoms with Gasteiger partial charge in [-0.05, 0) is 58.2 Å². The van der Waals surface area contributed by atoms with Gasteiger partial charge in [-0.15, -0.1) is 0 Å². The fourth-order valence-corrected chi connectivity index (χ4v) is 5.93. The summed E-state index contributed by atoms with van der Waals surface area (Å²) in [6, 6.07) is 5.52. The summed E-state index contributed by atoms with van der Waals surface area (Å²) in [6.45, 7) is 12.4. The van der Waals surface area contributed by atoms with E-state index in [4.69, 9.17) is 20.1 Å². The van der Waals surface area contributed by atoms with Crippen LogP contribution in [0.15, 0.2) is 30.6 Å². The van der Waals surface area contributed by atoms with Gasteiger partial charge in [0.25, 0.3) is 5.91 Å². The summed E-state index contributed by atoms with van der Waals surface area (Å²) in [5.41, 5.74) is 2.18. The highest BCUT2D eigenvalue weighted by molar-refractivity contribution is 5.96. The lowest BCUT2D eigenvalue weighted by Crippen LogP contribution is -2.62. The first-order valence-electron chi connectivity index (χ1n) is 13.7. The molecule has 2 saturated heterocycles. The Labute approximate surface area is 243 Å². The number of hydrogen-bond donors (Lipinski definition) is 0. The molecular weight excluding hydrogens is 557 g/mol. The zero-order chi connectivity index (χ0) is 31.2. The van der Waals surface area contributed by atoms with Gasteiger partial charge in [-0.2, -0.15) is 13.2 Å². The molecule has 4 rings (SSSR count). The summed E-state index contributed by atoms with van der Waals surface area (Å²) in [4.78, 5) is 36.7. The summed E-state index contributed by atoms with van der Waals surface area (Å²) in [5, 5.41) is 14.8. The zero-order valence-electron chi connectivity index (χ0n) is 24.6. The van der Waals surface area contributed by atoms with Crippen molar-refractivity contribution in [3.05, 3.63) is 74.0 Å². The van der Waals surface area contributed by atoms with Crippen LogP contribution in [-0.4, -0.2) is 93.7 Å². The van der Waals surface area contributed by atoms with Crippen molar-refractivity contribution in [1.29, 1.82) is 0 Å². The molecule has 2 aromatic rings. The molecule has 2 atom stereocenters. The molecule has 0 aliphatic carbocycles. The first-order valence-corrected chi connectivity index (χ1v) is 13.7. The van der Waals surface area contributed by atoms with Crippen LogP contribution >= 0.6 is 0 Å². The quantitative estimate of drug-likeness (QED) is 0.355. The number of amides is 1. The summed E-state index contributed by atoms with van der Waals surface area (Å²) < 4.78 is 44.7. The minimum absolute atomic E-state index is 0.000198. The van der Waals surface area contributed by atoms with Crippen LogP contribution in [0.5, 0.6) is 0 Å². The molecule has 0 N–H and O–H groups in total. The lowest BCUT2D eigenvalue weighted by atomic mass is 9.86. The smallest absolute Gasteiger partial charge is 0.383 e. The van der Waals surface area contributed by atoms with Gasteiger partial charge in [-0.25, -0.2) is 9.97 Å². The van der Waals surface area contributed by atoms with Gasteiger partial charge in [0.05, 0.1) is 40.3 Å². The fourth-order valence-electron chi connectivity index (χ4n) is 5.93. The van der Waals surface area contributed by atoms with Gasteiger partial charge in [0.2, 0.25) is 0 Å². The second-order valence-corrected chi connectivity index (χ2v) is 11.1. The van der Waals surface area contributed by atoms with E-state index >= 15 is 0 Å². The number of piperazine rings is 1. The summed E-state index contributed by atoms with van der Waals surface area (Å²) in [5.74, 6) is -0.000198. The highest BCUT2D eigenvalue weighted by atomic mass is 19.4. The summed E-state index contributed by atoms with van der Waals surface area (Å²) >= 11 is 0. The third-order valence-electron chi connectivity index (χ3n) is 8.36. The number of piperidine rings is 1. The topological polar surface area (TPSA) is 128 Å². The Kier molecular flexibility index (Phi) is 10.8. The van der Waals surface area contributed by atoms with E-state index in [2.05, 4.69) is 33.6 Å². The Morgan fingerprint density at radius 1 is 1.10 bits per heavy atom. The highest BCUT2D eigenvalue weighted by Crippen LogP contribution is 2.35. The van der Waals surface area contributed by atoms with Crippen LogP contribution in [0, 0.1) is 29.2 Å². The molecular formula is C28H38F3N6O5-. The molecule has 11 nitrogen and oxygen atoms in total. The molecule has 0 unspecified atom stereocenters. The maximum atomic E-state index is 13.2. The van der Waals surface area contributed by atoms with Crippen molar-refractivity contribution in [2.75, 3.05) is 46.4 Å². The van der Waals surface area contributed by atoms with Crippen molar-refractivity contribution in [2.24, 2.45) is 0 Å². The Morgan fingerprint density at radius 2 is 1.64 bits per heavy atom. The average Bonchev–Trinajstić information content (AvgIpc) is 2.91. The standard InChI is InChI=1S/C28H38F3N5O2.NO3/c1-19-16-35(14-15-36(19)24(17-38-5)22-6-8-23(9-7-22)28(29,30)31)27(4)10-12-34(13-11-27)26(37)25-20(2)32-18-33-21(25)3;2-1(3)4/h6-9,18-19,24H,10-17H2,1-5H3;/q;-1/t19-,24-;/m0./s1. The zero-order valence-corrected chi connectivity index (χ0v) is 24.6. The molecule has 1 aromatic heterocycles. The number of aryl methyl sites for hydroxylation is 2. The number of carbonyl (C=O) groups is 1. The van der Waals surface area contributed by atoms with Crippen molar-refractivity contribution in [2.45, 2.75) is 64.3 Å². The molecule has 0 radical (unpaired) electrons. The highest BCUT2D eigenvalue weighted by Gasteiger charge is 2.41. The van der Waals surface area contributed by atoms with E-state index in [1.54, 1.807) is 19.2 Å². The minimum atomic E-state index is -4.35. The van der Waals surface area contributed by atoms with E-state index in [1.807, 2.05) is 18.7 Å². The van der Waals surface area contributed by atoms with Gasteiger partial charge in [0.15, 0.2) is 0 Å². The number of benzene rings is 1. The lowest BCUT2D eigenvalue weighted by molar-refractivity contribution is -0.402. The molecule has 0 saturated carbocycles. The molecule has 14 heteroatoms. The van der Waals surface area contributed by atoms with E-state index in [-0.39, 0.29) is 23.5 Å². The van der Waals surface area contributed by atoms with E-state index in [1.165, 1.54) is 6.33 Å². The van der Waals surface area contributed by atoms with Crippen LogP contribution in [0.4, 0.5) is 13.2 Å². The van der Waals surface area contributed by atoms with Gasteiger partial charge < -0.3 is 25.0 Å². The second-order valence-electron chi connectivity index (χ2n) is 11.1. The number of hydrogen-bond acceptors (Lipinski definition) is 9. The number of aromatic nitrogens is 2. The molecule has 0 bridgehead atoms. The molecule has 1 amide bonds. The number of halogens is 3. The molecule has 3 heterocycles. The Hall–Kier alpha value is -3.36. The number of nitrogens with zero attached hydrogens (tertiary/aromatic N) is 6. The molecule has 2 aliphatic rings. The van der Waals surface area contributed by atoms with Crippen LogP contribution in [0.25, 0.3) is 0 Å². The SMILES string of the molecule is COC[C@@H](c1ccc(C(F)(F)F)cc1)N1CCN(C2(C)CCN(C(=O)c3c(C)ncnc3C)CC2)C[C@@H]1C.O=[N+]([O-])[O-]. The van der Waals surface area contributed by atoms with Crippen LogP contribution < -0.4 is 0 Å². The van der Waals surface area contributed by atoms with Crippen molar-refractivity contribution < 1.29 is 27.8 Å². The van der Waals surface area contributed by atoms with Crippen molar-refractivity contribution in [3.63, 3.8) is 0 Å². The molecule has 2 aliphatic heterocycles. The van der Waals surface area contributed by atoms with Gasteiger partial charge in [0, 0.05) is 51.4 Å². The molecule has 232 valence electrons. The van der Waals surface area contributed by atoms with E-state index < -0.39 is 16.8 Å². The number of rotatable bonds is 6. The van der Waals surface area contributed by atoms with Crippen LogP contribution in [0.1, 0.15) is 65.6 Å². The maximum absolute atomic E-state index is 13.2. The Morgan fingerprint density at radius 3 is 2.12 bits per heavy atom. The van der Waals surface area contributed by atoms with Crippen molar-refractivity contribution >= 4 is 5.91 Å². The number of ether oxygens (including phenoxy) is 1. The van der Waals surface area contributed by atoms with Crippen molar-refractivity contribution in [3.8, 4) is 0 Å². The van der Waals surface area contributed by atoms with Gasteiger partial charge in [-0.1, -0.05) is 12.1 Å². The van der Waals surface area contributed by atoms with Gasteiger partial charge >= 0.3 is 6.18 Å². The first kappa shape index (κ1) is 33.1. The van der Waals surface area contributed by atoms with E-state index in [9.17, 15) is 18.0 Å². The maximum Gasteiger partial charge on any atom is 0.416 e. The molecule has 2 fully saturated rings. The van der Waals surface area contributed by atoms with Gasteiger partial charge in [0.1, 0.15) is 6.33 Å². The largest absolute Gasteiger partial charge is 0.416 e. The fraction of sp³-hybridized carbons (Fsp3) is 0.607. The van der Waals surface area contributed by atoms with Crippen LogP contribution in [-0.2, 0) is 10.9 Å². The normalized spacial score (nSPS) is 20.4. The van der Waals surface area contributed by atoms with Crippen LogP contribution in [0.3, 0.4) is 0 Å². The Bertz CT molecular complexity index is 1200. The summed E-state index contributed by atoms with van der Waals surface area (Å²) in [7, 11) is 1.62. The molecule has 1 aromatic carbocycles. The second kappa shape index (κ2) is 13.7. The number of likely N-dealkylation sites (tertiary alicyclic amines) is 1. The summed E-state index contributed by atoms with van der Waals surface area (Å²) in [6.07, 6.45) is -1.12. The molecule has 42 heavy (non-hydrogen) atoms. The predicted molar refractivity (Wildman–Crippen MR) is 149 cm³/mol. The third-order valence-corrected chi connectivity index (χ3v) is 8.36. The van der Waals surface area contributed by atoms with Crippen LogP contribution in [0.2, 0.25) is 0 Å². The van der Waals surface area contributed by atoms with E-state index in [0.29, 0.717) is 36.6 Å². The monoisotopic (exact) mass is 595 g/mol. The minimum Gasteiger partial charge on any atom is -0.383 e. The average molecular weight is 596 g/mol. The van der Waals surface area contributed by atoms with E-state index in [0.717, 1.165) is 50.2 Å². The third kappa shape index (κ3) is 7.92. The van der Waals surface area contributed by atoms with Gasteiger partial charge in [-0.3, -0.25) is 14.6 Å². The van der Waals surface area contributed by atoms with Crippen molar-refractivity contribution in [1.82, 2.24) is 24.7 Å². The number of alkyl halides is 3. The molecule has 0 spiro atoms. The number of methoxy groups -OCH3 is 1.